The molecule has 2 aliphatic rings. The average Bonchev–Trinajstić information content (AvgIpc) is 3.92. The Morgan fingerprint density at radius 3 is 1.32 bits per heavy atom. The lowest BCUT2D eigenvalue weighted by Gasteiger charge is -2.39. The maximum Gasteiger partial charge on any atom is 0.164 e. The lowest BCUT2D eigenvalue weighted by Crippen LogP contribution is -2.33. The third-order valence-corrected chi connectivity index (χ3v) is 14.3. The van der Waals surface area contributed by atoms with Gasteiger partial charge in [-0.05, 0) is 85.0 Å². The molecule has 10 aromatic carbocycles. The number of rotatable bonds is 6. The van der Waals surface area contributed by atoms with Gasteiger partial charge in [0.1, 0.15) is 0 Å². The molecule has 1 unspecified atom stereocenters. The van der Waals surface area contributed by atoms with Crippen molar-refractivity contribution in [3.05, 3.63) is 265 Å². The Morgan fingerprint density at radius 2 is 0.706 bits per heavy atom. The first-order chi connectivity index (χ1) is 33.7. The van der Waals surface area contributed by atoms with Crippen molar-refractivity contribution in [2.24, 2.45) is 0 Å². The normalized spacial score (nSPS) is 14.2. The van der Waals surface area contributed by atoms with Gasteiger partial charge in [0.05, 0.1) is 22.1 Å². The molecule has 0 radical (unpaired) electrons. The second-order valence-electron chi connectivity index (χ2n) is 17.9. The Balaban J connectivity index is 0.891. The van der Waals surface area contributed by atoms with Crippen LogP contribution in [0.15, 0.2) is 243 Å². The van der Waals surface area contributed by atoms with Crippen LogP contribution < -0.4 is 0 Å². The summed E-state index contributed by atoms with van der Waals surface area (Å²) in [7, 11) is 0. The summed E-state index contributed by atoms with van der Waals surface area (Å²) in [5.74, 6) is 1.89. The Morgan fingerprint density at radius 1 is 0.279 bits per heavy atom. The van der Waals surface area contributed by atoms with Crippen LogP contribution in [-0.2, 0) is 5.41 Å². The van der Waals surface area contributed by atoms with Crippen molar-refractivity contribution in [1.29, 1.82) is 0 Å². The number of para-hydroxylation sites is 3. The van der Waals surface area contributed by atoms with Crippen LogP contribution in [0.1, 0.15) is 22.3 Å². The van der Waals surface area contributed by atoms with Gasteiger partial charge in [0.15, 0.2) is 17.5 Å². The smallest absolute Gasteiger partial charge is 0.164 e. The largest absolute Gasteiger partial charge is 0.309 e. The van der Waals surface area contributed by atoms with Gasteiger partial charge in [-0.3, -0.25) is 0 Å². The quantitative estimate of drug-likeness (QED) is 0.167. The average molecular weight is 865 g/mol. The summed E-state index contributed by atoms with van der Waals surface area (Å²) in [5.41, 5.74) is 20.7. The highest BCUT2D eigenvalue weighted by molar-refractivity contribution is 6.13. The highest BCUT2D eigenvalue weighted by Crippen LogP contribution is 2.61. The third-order valence-electron chi connectivity index (χ3n) is 14.3. The van der Waals surface area contributed by atoms with E-state index in [0.29, 0.717) is 17.5 Å². The summed E-state index contributed by atoms with van der Waals surface area (Å²) in [6.45, 7) is 0. The molecule has 1 atom stereocenters. The molecule has 0 saturated heterocycles. The molecule has 1 spiro atoms. The Kier molecular flexibility index (Phi) is 8.46. The first-order valence-corrected chi connectivity index (χ1v) is 23.3. The van der Waals surface area contributed by atoms with E-state index in [1.807, 2.05) is 12.1 Å². The van der Waals surface area contributed by atoms with Gasteiger partial charge in [-0.1, -0.05) is 224 Å². The standard InChI is InChI=1S/C64H40N4/c1-3-14-41(15-4-1)43-26-32-46(33-27-43)61-65-62(47-34-28-44(29-35-47)42-16-5-2-6-17-42)67-63(66-61)48-36-30-45(31-37-48)49-38-39-51-50-18-7-9-21-54(50)64(57(51)40-49)55-22-10-12-25-59(55)68-58-24-11-8-19-52(58)53-20-13-23-56(64)60(53)68/h1-40H. The van der Waals surface area contributed by atoms with E-state index in [4.69, 9.17) is 15.0 Å². The predicted molar refractivity (Wildman–Crippen MR) is 278 cm³/mol. The van der Waals surface area contributed by atoms with Crippen molar-refractivity contribution in [2.75, 3.05) is 0 Å². The molecule has 2 aromatic heterocycles. The molecule has 316 valence electrons. The van der Waals surface area contributed by atoms with E-state index in [0.717, 1.165) is 38.9 Å². The fraction of sp³-hybridized carbons (Fsp3) is 0.0156. The number of aromatic nitrogens is 4. The van der Waals surface area contributed by atoms with Crippen molar-refractivity contribution >= 4 is 21.8 Å². The van der Waals surface area contributed by atoms with Crippen molar-refractivity contribution in [1.82, 2.24) is 19.5 Å². The van der Waals surface area contributed by atoms with Crippen LogP contribution in [-0.4, -0.2) is 19.5 Å². The summed E-state index contributed by atoms with van der Waals surface area (Å²) < 4.78 is 2.50. The second kappa shape index (κ2) is 15.0. The Bertz CT molecular complexity index is 3830. The summed E-state index contributed by atoms with van der Waals surface area (Å²) in [5, 5.41) is 2.55. The van der Waals surface area contributed by atoms with Gasteiger partial charge in [0, 0.05) is 27.5 Å². The van der Waals surface area contributed by atoms with Crippen LogP contribution in [0.2, 0.25) is 0 Å². The molecule has 4 nitrogen and oxygen atoms in total. The lowest BCUT2D eigenvalue weighted by molar-refractivity contribution is 0.749. The van der Waals surface area contributed by atoms with E-state index in [-0.39, 0.29) is 0 Å². The zero-order valence-corrected chi connectivity index (χ0v) is 36.9. The summed E-state index contributed by atoms with van der Waals surface area (Å²) in [6.07, 6.45) is 0. The van der Waals surface area contributed by atoms with E-state index in [9.17, 15) is 0 Å². The van der Waals surface area contributed by atoms with Crippen molar-refractivity contribution in [3.8, 4) is 84.4 Å². The van der Waals surface area contributed by atoms with Crippen LogP contribution in [0, 0.1) is 0 Å². The van der Waals surface area contributed by atoms with Gasteiger partial charge >= 0.3 is 0 Å². The van der Waals surface area contributed by atoms with Gasteiger partial charge in [-0.2, -0.15) is 0 Å². The number of benzene rings is 10. The minimum Gasteiger partial charge on any atom is -0.309 e. The van der Waals surface area contributed by atoms with Crippen molar-refractivity contribution in [2.45, 2.75) is 5.41 Å². The Hall–Kier alpha value is -8.99. The van der Waals surface area contributed by atoms with Crippen molar-refractivity contribution < 1.29 is 0 Å². The van der Waals surface area contributed by atoms with E-state index >= 15 is 0 Å². The van der Waals surface area contributed by atoms with Gasteiger partial charge < -0.3 is 4.57 Å². The molecule has 14 rings (SSSR count). The van der Waals surface area contributed by atoms with Crippen LogP contribution >= 0.6 is 0 Å². The zero-order chi connectivity index (χ0) is 44.8. The number of fused-ring (bicyclic) bond motifs is 12. The molecule has 0 bridgehead atoms. The monoisotopic (exact) mass is 864 g/mol. The molecular formula is C64H40N4. The van der Waals surface area contributed by atoms with E-state index in [2.05, 4.69) is 235 Å². The van der Waals surface area contributed by atoms with Crippen LogP contribution in [0.5, 0.6) is 0 Å². The highest BCUT2D eigenvalue weighted by atomic mass is 15.0. The van der Waals surface area contributed by atoms with E-state index < -0.39 is 5.41 Å². The van der Waals surface area contributed by atoms with Crippen LogP contribution in [0.4, 0.5) is 0 Å². The first kappa shape index (κ1) is 38.3. The number of nitrogens with zero attached hydrogens (tertiary/aromatic N) is 4. The van der Waals surface area contributed by atoms with Crippen molar-refractivity contribution in [3.63, 3.8) is 0 Å². The first-order valence-electron chi connectivity index (χ1n) is 23.3. The maximum absolute atomic E-state index is 5.15. The molecule has 0 N–H and O–H groups in total. The molecule has 3 heterocycles. The summed E-state index contributed by atoms with van der Waals surface area (Å²) in [6, 6.07) is 87.5. The van der Waals surface area contributed by atoms with Gasteiger partial charge in [-0.25, -0.2) is 15.0 Å². The van der Waals surface area contributed by atoms with Gasteiger partial charge in [-0.15, -0.1) is 0 Å². The van der Waals surface area contributed by atoms with Gasteiger partial charge in [0.2, 0.25) is 0 Å². The molecular weight excluding hydrogens is 825 g/mol. The fourth-order valence-corrected chi connectivity index (χ4v) is 11.2. The highest BCUT2D eigenvalue weighted by Gasteiger charge is 2.50. The third kappa shape index (κ3) is 5.71. The van der Waals surface area contributed by atoms with E-state index in [1.165, 1.54) is 72.0 Å². The summed E-state index contributed by atoms with van der Waals surface area (Å²) >= 11 is 0. The Labute approximate surface area is 394 Å². The lowest BCUT2D eigenvalue weighted by atomic mass is 9.65. The molecule has 0 saturated carbocycles. The summed E-state index contributed by atoms with van der Waals surface area (Å²) in [4.78, 5) is 15.4. The zero-order valence-electron chi connectivity index (χ0n) is 36.9. The molecule has 4 heteroatoms. The van der Waals surface area contributed by atoms with Crippen LogP contribution in [0.3, 0.4) is 0 Å². The fourth-order valence-electron chi connectivity index (χ4n) is 11.2. The second-order valence-corrected chi connectivity index (χ2v) is 17.9. The number of hydrogen-bond donors (Lipinski definition) is 0. The maximum atomic E-state index is 5.15. The topological polar surface area (TPSA) is 43.6 Å². The van der Waals surface area contributed by atoms with Crippen LogP contribution in [0.25, 0.3) is 106 Å². The minimum absolute atomic E-state index is 0.515. The van der Waals surface area contributed by atoms with E-state index in [1.54, 1.807) is 0 Å². The molecule has 1 aliphatic carbocycles. The SMILES string of the molecule is c1ccc(-c2ccc(-c3nc(-c4ccc(-c5ccccc5)cc4)nc(-c4ccc(-c5ccc6c(c5)C5(c7ccccc7-6)c6ccccc6-n6c7ccccc7c7cccc5c76)cc4)n3)cc2)cc1. The van der Waals surface area contributed by atoms with Gasteiger partial charge in [0.25, 0.3) is 0 Å². The molecule has 12 aromatic rings. The number of hydrogen-bond acceptors (Lipinski definition) is 3. The molecule has 0 fully saturated rings. The molecule has 68 heavy (non-hydrogen) atoms. The molecule has 0 amide bonds. The molecule has 1 aliphatic heterocycles. The minimum atomic E-state index is -0.515. The predicted octanol–water partition coefficient (Wildman–Crippen LogP) is 15.6.